The minimum atomic E-state index is -0.0634. The number of hydrogen-bond acceptors (Lipinski definition) is 4. The molecule has 1 fully saturated rings. The number of halogens is 1. The molecule has 1 aromatic heterocycles. The number of rotatable bonds is 7. The lowest BCUT2D eigenvalue weighted by atomic mass is 10.1. The zero-order chi connectivity index (χ0) is 21.8. The summed E-state index contributed by atoms with van der Waals surface area (Å²) in [6.07, 6.45) is 1.02. The number of nitrogens with zero attached hydrogens (tertiary/aromatic N) is 3. The maximum atomic E-state index is 12.5. The summed E-state index contributed by atoms with van der Waals surface area (Å²) in [5.74, 6) is 0.440. The zero-order valence-corrected chi connectivity index (χ0v) is 18.8. The Kier molecular flexibility index (Phi) is 7.02. The summed E-state index contributed by atoms with van der Waals surface area (Å²) in [7, 11) is 0. The molecule has 0 saturated carbocycles. The van der Waals surface area contributed by atoms with Crippen molar-refractivity contribution >= 4 is 34.8 Å². The quantitative estimate of drug-likeness (QED) is 0.704. The van der Waals surface area contributed by atoms with E-state index in [2.05, 4.69) is 36.5 Å². The van der Waals surface area contributed by atoms with E-state index in [0.717, 1.165) is 29.2 Å². The molecule has 1 aliphatic rings. The Morgan fingerprint density at radius 3 is 2.77 bits per heavy atom. The molecule has 1 aromatic carbocycles. The first kappa shape index (κ1) is 22.2. The lowest BCUT2D eigenvalue weighted by molar-refractivity contribution is -0.120. The minimum absolute atomic E-state index is 0.0167. The van der Waals surface area contributed by atoms with Gasteiger partial charge in [0.15, 0.2) is 0 Å². The molecular formula is C22H30ClN5O2. The number of benzene rings is 1. The highest BCUT2D eigenvalue weighted by Crippen LogP contribution is 2.29. The maximum absolute atomic E-state index is 12.5. The molecule has 2 N–H and O–H groups in total. The average Bonchev–Trinajstić information content (AvgIpc) is 2.92. The summed E-state index contributed by atoms with van der Waals surface area (Å²) in [6.45, 7) is 10.9. The Bertz CT molecular complexity index is 938. The van der Waals surface area contributed by atoms with Gasteiger partial charge in [0.25, 0.3) is 0 Å². The molecule has 30 heavy (non-hydrogen) atoms. The van der Waals surface area contributed by atoms with E-state index in [-0.39, 0.29) is 18.4 Å². The van der Waals surface area contributed by atoms with Crippen molar-refractivity contribution in [3.05, 3.63) is 40.2 Å². The topological polar surface area (TPSA) is 79.3 Å². The van der Waals surface area contributed by atoms with Crippen LogP contribution in [0.1, 0.15) is 37.2 Å². The van der Waals surface area contributed by atoms with Crippen LogP contribution in [0, 0.1) is 19.8 Å². The molecular weight excluding hydrogens is 402 g/mol. The van der Waals surface area contributed by atoms with Gasteiger partial charge in [0.2, 0.25) is 11.8 Å². The molecule has 0 aliphatic carbocycles. The highest BCUT2D eigenvalue weighted by molar-refractivity contribution is 6.33. The van der Waals surface area contributed by atoms with E-state index in [1.807, 2.05) is 28.6 Å². The summed E-state index contributed by atoms with van der Waals surface area (Å²) < 4.78 is 2.03. The smallest absolute Gasteiger partial charge is 0.239 e. The van der Waals surface area contributed by atoms with Crippen LogP contribution in [0.2, 0.25) is 5.02 Å². The Balaban J connectivity index is 1.60. The zero-order valence-electron chi connectivity index (χ0n) is 18.1. The molecule has 1 saturated heterocycles. The Hall–Kier alpha value is -2.54. The molecule has 2 heterocycles. The van der Waals surface area contributed by atoms with Crippen LogP contribution < -0.4 is 15.5 Å². The fourth-order valence-corrected chi connectivity index (χ4v) is 4.07. The first-order valence-corrected chi connectivity index (χ1v) is 10.8. The standard InChI is InChI=1S/C22H30ClN5O2/c1-14(2)12-28-16(4)18(15(3)26-28)6-8-21(29)25-17-5-7-20(19(23)11-17)27-10-9-24-22(30)13-27/h5,7,11,14H,6,8-10,12-13H2,1-4H3,(H,24,30)(H,25,29). The molecule has 1 aliphatic heterocycles. The molecule has 2 amide bonds. The lowest BCUT2D eigenvalue weighted by Gasteiger charge is -2.29. The van der Waals surface area contributed by atoms with Gasteiger partial charge < -0.3 is 15.5 Å². The van der Waals surface area contributed by atoms with Crippen molar-refractivity contribution in [2.45, 2.75) is 47.1 Å². The number of nitrogens with one attached hydrogen (secondary N) is 2. The predicted octanol–water partition coefficient (Wildman–Crippen LogP) is 3.32. The van der Waals surface area contributed by atoms with E-state index in [4.69, 9.17) is 11.6 Å². The maximum Gasteiger partial charge on any atom is 0.239 e. The number of aromatic nitrogens is 2. The molecule has 0 bridgehead atoms. The van der Waals surface area contributed by atoms with Gasteiger partial charge in [-0.25, -0.2) is 0 Å². The second-order valence-corrected chi connectivity index (χ2v) is 8.62. The lowest BCUT2D eigenvalue weighted by Crippen LogP contribution is -2.47. The third kappa shape index (κ3) is 5.33. The van der Waals surface area contributed by atoms with Gasteiger partial charge in [0, 0.05) is 37.4 Å². The first-order chi connectivity index (χ1) is 14.2. The molecule has 3 rings (SSSR count). The number of anilines is 2. The van der Waals surface area contributed by atoms with Crippen LogP contribution in [-0.2, 0) is 22.6 Å². The van der Waals surface area contributed by atoms with E-state index in [1.54, 1.807) is 6.07 Å². The molecule has 2 aromatic rings. The average molecular weight is 432 g/mol. The third-order valence-electron chi connectivity index (χ3n) is 5.28. The molecule has 7 nitrogen and oxygen atoms in total. The van der Waals surface area contributed by atoms with E-state index >= 15 is 0 Å². The summed E-state index contributed by atoms with van der Waals surface area (Å²) in [6, 6.07) is 5.40. The fourth-order valence-electron chi connectivity index (χ4n) is 3.77. The van der Waals surface area contributed by atoms with Gasteiger partial charge in [0.05, 0.1) is 22.9 Å². The number of carbonyl (C=O) groups is 2. The van der Waals surface area contributed by atoms with Crippen molar-refractivity contribution in [2.24, 2.45) is 5.92 Å². The van der Waals surface area contributed by atoms with Crippen LogP contribution in [-0.4, -0.2) is 41.2 Å². The van der Waals surface area contributed by atoms with Gasteiger partial charge in [-0.2, -0.15) is 5.10 Å². The van der Waals surface area contributed by atoms with Crippen molar-refractivity contribution in [1.29, 1.82) is 0 Å². The van der Waals surface area contributed by atoms with Crippen molar-refractivity contribution in [2.75, 3.05) is 29.9 Å². The number of carbonyl (C=O) groups excluding carboxylic acids is 2. The van der Waals surface area contributed by atoms with Gasteiger partial charge in [-0.15, -0.1) is 0 Å². The van der Waals surface area contributed by atoms with Crippen LogP contribution >= 0.6 is 11.6 Å². The van der Waals surface area contributed by atoms with Crippen LogP contribution in [0.25, 0.3) is 0 Å². The predicted molar refractivity (Wildman–Crippen MR) is 120 cm³/mol. The van der Waals surface area contributed by atoms with Crippen LogP contribution in [0.5, 0.6) is 0 Å². The van der Waals surface area contributed by atoms with E-state index in [1.165, 1.54) is 0 Å². The second kappa shape index (κ2) is 9.51. The minimum Gasteiger partial charge on any atom is -0.359 e. The molecule has 162 valence electrons. The van der Waals surface area contributed by atoms with Crippen molar-refractivity contribution in [3.63, 3.8) is 0 Å². The molecule has 8 heteroatoms. The second-order valence-electron chi connectivity index (χ2n) is 8.21. The van der Waals surface area contributed by atoms with Gasteiger partial charge in [0.1, 0.15) is 0 Å². The molecule has 0 spiro atoms. The Labute approximate surface area is 182 Å². The molecule has 0 atom stereocenters. The van der Waals surface area contributed by atoms with Crippen LogP contribution in [0.3, 0.4) is 0 Å². The van der Waals surface area contributed by atoms with Gasteiger partial charge in [-0.3, -0.25) is 14.3 Å². The van der Waals surface area contributed by atoms with E-state index in [0.29, 0.717) is 42.6 Å². The van der Waals surface area contributed by atoms with Gasteiger partial charge in [-0.1, -0.05) is 25.4 Å². The summed E-state index contributed by atoms with van der Waals surface area (Å²) in [5, 5.41) is 10.9. The number of piperazine rings is 1. The van der Waals surface area contributed by atoms with Gasteiger partial charge >= 0.3 is 0 Å². The fraction of sp³-hybridized carbons (Fsp3) is 0.500. The summed E-state index contributed by atoms with van der Waals surface area (Å²) in [5.41, 5.74) is 4.71. The summed E-state index contributed by atoms with van der Waals surface area (Å²) in [4.78, 5) is 26.0. The SMILES string of the molecule is Cc1nn(CC(C)C)c(C)c1CCC(=O)Nc1ccc(N2CCNC(=O)C2)c(Cl)c1. The normalized spacial score (nSPS) is 14.2. The highest BCUT2D eigenvalue weighted by Gasteiger charge is 2.19. The number of hydrogen-bond donors (Lipinski definition) is 2. The first-order valence-electron chi connectivity index (χ1n) is 10.4. The van der Waals surface area contributed by atoms with Crippen LogP contribution in [0.15, 0.2) is 18.2 Å². The highest BCUT2D eigenvalue weighted by atomic mass is 35.5. The number of aryl methyl sites for hydroxylation is 1. The van der Waals surface area contributed by atoms with Gasteiger partial charge in [-0.05, 0) is 49.9 Å². The van der Waals surface area contributed by atoms with E-state index in [9.17, 15) is 9.59 Å². The molecule has 0 radical (unpaired) electrons. The third-order valence-corrected chi connectivity index (χ3v) is 5.58. The van der Waals surface area contributed by atoms with Crippen LogP contribution in [0.4, 0.5) is 11.4 Å². The van der Waals surface area contributed by atoms with Crippen molar-refractivity contribution in [1.82, 2.24) is 15.1 Å². The molecule has 0 unspecified atom stereocenters. The number of amides is 2. The monoisotopic (exact) mass is 431 g/mol. The largest absolute Gasteiger partial charge is 0.359 e. The Morgan fingerprint density at radius 1 is 1.33 bits per heavy atom. The van der Waals surface area contributed by atoms with Crippen molar-refractivity contribution < 1.29 is 9.59 Å². The van der Waals surface area contributed by atoms with Crippen molar-refractivity contribution in [3.8, 4) is 0 Å². The van der Waals surface area contributed by atoms with E-state index < -0.39 is 0 Å². The Morgan fingerprint density at radius 2 is 2.10 bits per heavy atom. The summed E-state index contributed by atoms with van der Waals surface area (Å²) >= 11 is 6.42.